The lowest BCUT2D eigenvalue weighted by molar-refractivity contribution is -0.115. The van der Waals surface area contributed by atoms with Gasteiger partial charge in [0.1, 0.15) is 0 Å². The summed E-state index contributed by atoms with van der Waals surface area (Å²) in [5, 5.41) is 3.11. The minimum Gasteiger partial charge on any atom is -0.366 e. The molecule has 0 bridgehead atoms. The molecule has 3 N–H and O–H groups in total. The molecule has 2 aromatic rings. The van der Waals surface area contributed by atoms with Crippen LogP contribution in [0.4, 0.5) is 5.69 Å². The first kappa shape index (κ1) is 15.1. The van der Waals surface area contributed by atoms with Gasteiger partial charge in [-0.05, 0) is 35.5 Å². The molecule has 23 heavy (non-hydrogen) atoms. The van der Waals surface area contributed by atoms with Crippen molar-refractivity contribution in [2.24, 2.45) is 10.7 Å². The average molecular weight is 323 g/mol. The number of nitrogens with zero attached hydrogens (tertiary/aromatic N) is 1. The SMILES string of the molecule is NC(=O)c1ccccc1N=C1NC(=O)/C(=C/c2ccccc2)S1. The molecule has 1 saturated heterocycles. The van der Waals surface area contributed by atoms with E-state index in [0.717, 1.165) is 5.56 Å². The Kier molecular flexibility index (Phi) is 4.25. The fourth-order valence-electron chi connectivity index (χ4n) is 2.07. The first-order valence-electron chi connectivity index (χ1n) is 6.87. The largest absolute Gasteiger partial charge is 0.366 e. The number of nitrogens with one attached hydrogen (secondary N) is 1. The topological polar surface area (TPSA) is 84.6 Å². The summed E-state index contributed by atoms with van der Waals surface area (Å²) in [5.74, 6) is -0.770. The second-order valence-electron chi connectivity index (χ2n) is 4.77. The van der Waals surface area contributed by atoms with Crippen LogP contribution in [0.5, 0.6) is 0 Å². The second-order valence-corrected chi connectivity index (χ2v) is 5.80. The number of primary amides is 1. The lowest BCUT2D eigenvalue weighted by atomic mass is 10.2. The van der Waals surface area contributed by atoms with Gasteiger partial charge in [-0.1, -0.05) is 42.5 Å². The van der Waals surface area contributed by atoms with Gasteiger partial charge in [-0.3, -0.25) is 9.59 Å². The number of carbonyl (C=O) groups excluding carboxylic acids is 2. The van der Waals surface area contributed by atoms with E-state index in [1.165, 1.54) is 11.8 Å². The Balaban J connectivity index is 1.88. The molecule has 5 nitrogen and oxygen atoms in total. The van der Waals surface area contributed by atoms with Crippen molar-refractivity contribution in [3.63, 3.8) is 0 Å². The number of amides is 2. The Morgan fingerprint density at radius 1 is 1.09 bits per heavy atom. The molecule has 2 aromatic carbocycles. The standard InChI is InChI=1S/C17H13N3O2S/c18-15(21)12-8-4-5-9-13(12)19-17-20-16(22)14(23-17)10-11-6-2-1-3-7-11/h1-10H,(H2,18,21)(H,19,20,22)/b14-10-. The highest BCUT2D eigenvalue weighted by Gasteiger charge is 2.24. The molecule has 0 aromatic heterocycles. The number of aliphatic imine (C=N–C) groups is 1. The van der Waals surface area contributed by atoms with Crippen molar-refractivity contribution in [2.75, 3.05) is 0 Å². The number of benzene rings is 2. The van der Waals surface area contributed by atoms with E-state index in [2.05, 4.69) is 10.3 Å². The number of thioether (sulfide) groups is 1. The van der Waals surface area contributed by atoms with Gasteiger partial charge in [0.2, 0.25) is 0 Å². The molecule has 1 aliphatic rings. The number of para-hydroxylation sites is 1. The summed E-state index contributed by atoms with van der Waals surface area (Å²) < 4.78 is 0. The Hall–Kier alpha value is -2.86. The molecule has 2 amide bonds. The smallest absolute Gasteiger partial charge is 0.264 e. The quantitative estimate of drug-likeness (QED) is 0.852. The van der Waals surface area contributed by atoms with Crippen LogP contribution in [0, 0.1) is 0 Å². The second kappa shape index (κ2) is 6.50. The van der Waals surface area contributed by atoms with Crippen molar-refractivity contribution >= 4 is 40.5 Å². The number of nitrogens with two attached hydrogens (primary N) is 1. The van der Waals surface area contributed by atoms with Crippen LogP contribution >= 0.6 is 11.8 Å². The third-order valence-corrected chi connectivity index (χ3v) is 4.05. The third-order valence-electron chi connectivity index (χ3n) is 3.14. The van der Waals surface area contributed by atoms with Crippen molar-refractivity contribution in [3.8, 4) is 0 Å². The molecule has 1 fully saturated rings. The van der Waals surface area contributed by atoms with Crippen LogP contribution in [0.25, 0.3) is 6.08 Å². The van der Waals surface area contributed by atoms with Crippen molar-refractivity contribution in [2.45, 2.75) is 0 Å². The van der Waals surface area contributed by atoms with Gasteiger partial charge in [-0.25, -0.2) is 4.99 Å². The predicted molar refractivity (Wildman–Crippen MR) is 92.2 cm³/mol. The summed E-state index contributed by atoms with van der Waals surface area (Å²) in [6, 6.07) is 16.3. The highest BCUT2D eigenvalue weighted by atomic mass is 32.2. The van der Waals surface area contributed by atoms with Crippen molar-refractivity contribution < 1.29 is 9.59 Å². The van der Waals surface area contributed by atoms with Crippen LogP contribution in [0.2, 0.25) is 0 Å². The van der Waals surface area contributed by atoms with Crippen LogP contribution in [-0.2, 0) is 4.79 Å². The summed E-state index contributed by atoms with van der Waals surface area (Å²) in [6.07, 6.45) is 1.79. The fourth-order valence-corrected chi connectivity index (χ4v) is 2.90. The van der Waals surface area contributed by atoms with E-state index in [1.807, 2.05) is 30.3 Å². The Morgan fingerprint density at radius 3 is 2.52 bits per heavy atom. The summed E-state index contributed by atoms with van der Waals surface area (Å²) in [6.45, 7) is 0. The average Bonchev–Trinajstić information content (AvgIpc) is 2.88. The lowest BCUT2D eigenvalue weighted by Crippen LogP contribution is -2.19. The van der Waals surface area contributed by atoms with Gasteiger partial charge in [-0.15, -0.1) is 0 Å². The van der Waals surface area contributed by atoms with Crippen molar-refractivity contribution in [1.29, 1.82) is 0 Å². The van der Waals surface area contributed by atoms with Crippen LogP contribution in [0.3, 0.4) is 0 Å². The molecule has 3 rings (SSSR count). The van der Waals surface area contributed by atoms with Crippen LogP contribution in [0.15, 0.2) is 64.5 Å². The van der Waals surface area contributed by atoms with Gasteiger partial charge in [0.25, 0.3) is 11.8 Å². The molecule has 0 radical (unpaired) electrons. The van der Waals surface area contributed by atoms with E-state index >= 15 is 0 Å². The molecule has 1 heterocycles. The molecule has 1 aliphatic heterocycles. The fraction of sp³-hybridized carbons (Fsp3) is 0. The summed E-state index contributed by atoms with van der Waals surface area (Å²) in [5.41, 5.74) is 7.02. The number of hydrogen-bond acceptors (Lipinski definition) is 4. The molecule has 0 saturated carbocycles. The van der Waals surface area contributed by atoms with Crippen molar-refractivity contribution in [1.82, 2.24) is 5.32 Å². The number of hydrogen-bond donors (Lipinski definition) is 2. The Labute approximate surface area is 137 Å². The van der Waals surface area contributed by atoms with Gasteiger partial charge in [0.15, 0.2) is 5.17 Å². The predicted octanol–water partition coefficient (Wildman–Crippen LogP) is 2.68. The third kappa shape index (κ3) is 3.49. The highest BCUT2D eigenvalue weighted by molar-refractivity contribution is 8.18. The molecular formula is C17H13N3O2S. The zero-order valence-corrected chi connectivity index (χ0v) is 12.8. The van der Waals surface area contributed by atoms with Crippen LogP contribution in [-0.4, -0.2) is 17.0 Å². The zero-order chi connectivity index (χ0) is 16.2. The van der Waals surface area contributed by atoms with Gasteiger partial charge in [-0.2, -0.15) is 0 Å². The number of rotatable bonds is 3. The Bertz CT molecular complexity index is 829. The monoisotopic (exact) mass is 323 g/mol. The van der Waals surface area contributed by atoms with Crippen molar-refractivity contribution in [3.05, 3.63) is 70.6 Å². The van der Waals surface area contributed by atoms with E-state index in [0.29, 0.717) is 21.3 Å². The first-order chi connectivity index (χ1) is 11.1. The van der Waals surface area contributed by atoms with E-state index < -0.39 is 5.91 Å². The van der Waals surface area contributed by atoms with Gasteiger partial charge < -0.3 is 11.1 Å². The molecule has 0 atom stereocenters. The molecule has 0 spiro atoms. The summed E-state index contributed by atoms with van der Waals surface area (Å²) >= 11 is 1.23. The highest BCUT2D eigenvalue weighted by Crippen LogP contribution is 2.29. The Morgan fingerprint density at radius 2 is 1.78 bits per heavy atom. The lowest BCUT2D eigenvalue weighted by Gasteiger charge is -2.01. The molecule has 0 unspecified atom stereocenters. The minimum atomic E-state index is -0.556. The van der Waals surface area contributed by atoms with E-state index in [1.54, 1.807) is 30.3 Å². The molecule has 0 aliphatic carbocycles. The molecule has 6 heteroatoms. The zero-order valence-electron chi connectivity index (χ0n) is 12.0. The first-order valence-corrected chi connectivity index (χ1v) is 7.68. The summed E-state index contributed by atoms with van der Waals surface area (Å²) in [4.78, 5) is 28.3. The molecule has 114 valence electrons. The maximum absolute atomic E-state index is 12.0. The minimum absolute atomic E-state index is 0.214. The van der Waals surface area contributed by atoms with E-state index in [-0.39, 0.29) is 5.91 Å². The molecular weight excluding hydrogens is 310 g/mol. The maximum Gasteiger partial charge on any atom is 0.264 e. The number of amidine groups is 1. The van der Waals surface area contributed by atoms with Crippen LogP contribution in [0.1, 0.15) is 15.9 Å². The van der Waals surface area contributed by atoms with Gasteiger partial charge >= 0.3 is 0 Å². The number of carbonyl (C=O) groups is 2. The normalized spacial score (nSPS) is 17.5. The maximum atomic E-state index is 12.0. The van der Waals surface area contributed by atoms with Gasteiger partial charge in [0, 0.05) is 0 Å². The van der Waals surface area contributed by atoms with E-state index in [9.17, 15) is 9.59 Å². The van der Waals surface area contributed by atoms with Gasteiger partial charge in [0.05, 0.1) is 16.2 Å². The van der Waals surface area contributed by atoms with Crippen LogP contribution < -0.4 is 11.1 Å². The van der Waals surface area contributed by atoms with E-state index in [4.69, 9.17) is 5.73 Å². The summed E-state index contributed by atoms with van der Waals surface area (Å²) in [7, 11) is 0.